The van der Waals surface area contributed by atoms with E-state index in [2.05, 4.69) is 5.32 Å². The molecule has 28 heavy (non-hydrogen) atoms. The molecule has 146 valence electrons. The molecule has 0 atom stereocenters. The Morgan fingerprint density at radius 2 is 1.71 bits per heavy atom. The number of carbonyl (C=O) groups is 2. The predicted octanol–water partition coefficient (Wildman–Crippen LogP) is 3.88. The summed E-state index contributed by atoms with van der Waals surface area (Å²) >= 11 is 1.25. The van der Waals surface area contributed by atoms with Crippen LogP contribution in [0.1, 0.15) is 23.7 Å². The zero-order valence-electron chi connectivity index (χ0n) is 15.2. The minimum Gasteiger partial charge on any atom is -0.462 e. The first kappa shape index (κ1) is 20.0. The van der Waals surface area contributed by atoms with Crippen molar-refractivity contribution in [1.29, 1.82) is 0 Å². The lowest BCUT2D eigenvalue weighted by atomic mass is 10.1. The molecule has 8 heteroatoms. The van der Waals surface area contributed by atoms with E-state index in [4.69, 9.17) is 4.74 Å². The van der Waals surface area contributed by atoms with Gasteiger partial charge in [0.15, 0.2) is 9.84 Å². The van der Waals surface area contributed by atoms with E-state index >= 15 is 0 Å². The van der Waals surface area contributed by atoms with Crippen LogP contribution in [-0.4, -0.2) is 32.7 Å². The fourth-order valence-electron chi connectivity index (χ4n) is 2.70. The molecule has 0 aliphatic rings. The molecule has 0 aliphatic carbocycles. The molecule has 1 amide bonds. The summed E-state index contributed by atoms with van der Waals surface area (Å²) in [4.78, 5) is 24.9. The van der Waals surface area contributed by atoms with E-state index in [1.165, 1.54) is 23.5 Å². The fourth-order valence-corrected chi connectivity index (χ4v) is 5.07. The van der Waals surface area contributed by atoms with Crippen molar-refractivity contribution in [3.63, 3.8) is 0 Å². The van der Waals surface area contributed by atoms with Gasteiger partial charge in [0, 0.05) is 16.5 Å². The van der Waals surface area contributed by atoms with Crippen LogP contribution < -0.4 is 5.32 Å². The molecule has 0 radical (unpaired) electrons. The van der Waals surface area contributed by atoms with Gasteiger partial charge in [0.25, 0.3) is 0 Å². The average Bonchev–Trinajstić information content (AvgIpc) is 3.05. The van der Waals surface area contributed by atoms with E-state index in [1.54, 1.807) is 37.3 Å². The van der Waals surface area contributed by atoms with Crippen LogP contribution in [0.3, 0.4) is 0 Å². The summed E-state index contributed by atoms with van der Waals surface area (Å²) in [5.74, 6) is -1.31. The largest absolute Gasteiger partial charge is 0.462 e. The molecule has 0 saturated carbocycles. The molecule has 0 bridgehead atoms. The lowest BCUT2D eigenvalue weighted by molar-refractivity contribution is -0.115. The van der Waals surface area contributed by atoms with Crippen molar-refractivity contribution in [3.8, 4) is 0 Å². The first-order valence-electron chi connectivity index (χ1n) is 8.68. The maximum Gasteiger partial charge on any atom is 0.341 e. The Hall–Kier alpha value is -2.71. The summed E-state index contributed by atoms with van der Waals surface area (Å²) in [6.07, 6.45) is -0.215. The number of carbonyl (C=O) groups excluding carboxylic acids is 2. The third-order valence-electron chi connectivity index (χ3n) is 4.03. The number of benzene rings is 2. The molecule has 0 fully saturated rings. The Morgan fingerprint density at radius 3 is 2.43 bits per heavy atom. The van der Waals surface area contributed by atoms with Crippen LogP contribution >= 0.6 is 11.3 Å². The number of hydrogen-bond donors (Lipinski definition) is 1. The highest BCUT2D eigenvalue weighted by atomic mass is 32.2. The highest BCUT2D eigenvalue weighted by Gasteiger charge is 2.22. The molecule has 1 heterocycles. The van der Waals surface area contributed by atoms with Crippen molar-refractivity contribution in [2.75, 3.05) is 17.7 Å². The van der Waals surface area contributed by atoms with Gasteiger partial charge in [-0.2, -0.15) is 0 Å². The summed E-state index contributed by atoms with van der Waals surface area (Å²) in [5, 5.41) is 3.73. The van der Waals surface area contributed by atoms with Gasteiger partial charge in [-0.1, -0.05) is 36.4 Å². The molecule has 0 saturated heterocycles. The third kappa shape index (κ3) is 4.40. The molecule has 2 aromatic carbocycles. The number of esters is 1. The molecule has 1 N–H and O–H groups in total. The van der Waals surface area contributed by atoms with Crippen LogP contribution in [0.15, 0.2) is 59.5 Å². The van der Waals surface area contributed by atoms with E-state index in [-0.39, 0.29) is 23.7 Å². The second-order valence-electron chi connectivity index (χ2n) is 5.95. The van der Waals surface area contributed by atoms with Crippen molar-refractivity contribution >= 4 is 48.1 Å². The molecular formula is C20H19NO5S2. The molecule has 1 aromatic heterocycles. The second kappa shape index (κ2) is 8.53. The van der Waals surface area contributed by atoms with Gasteiger partial charge in [0.05, 0.1) is 17.3 Å². The smallest absolute Gasteiger partial charge is 0.341 e. The normalized spacial score (nSPS) is 11.3. The van der Waals surface area contributed by atoms with Crippen LogP contribution in [0.4, 0.5) is 5.00 Å². The maximum atomic E-state index is 12.4. The van der Waals surface area contributed by atoms with Crippen molar-refractivity contribution in [1.82, 2.24) is 0 Å². The molecule has 3 rings (SSSR count). The summed E-state index contributed by atoms with van der Waals surface area (Å²) in [5.41, 5.74) is 0.293. The fraction of sp³-hybridized carbons (Fsp3) is 0.200. The first-order chi connectivity index (χ1) is 13.4. The molecule has 6 nitrogen and oxygen atoms in total. The van der Waals surface area contributed by atoms with Gasteiger partial charge >= 0.3 is 5.97 Å². The van der Waals surface area contributed by atoms with E-state index in [0.717, 1.165) is 4.70 Å². The van der Waals surface area contributed by atoms with Gasteiger partial charge in [0.1, 0.15) is 10.6 Å². The topological polar surface area (TPSA) is 89.5 Å². The van der Waals surface area contributed by atoms with Gasteiger partial charge in [-0.15, -0.1) is 11.3 Å². The van der Waals surface area contributed by atoms with Crippen LogP contribution in [0.25, 0.3) is 10.1 Å². The van der Waals surface area contributed by atoms with Crippen LogP contribution in [0.5, 0.6) is 0 Å². The zero-order chi connectivity index (χ0) is 20.1. The molecule has 0 spiro atoms. The summed E-state index contributed by atoms with van der Waals surface area (Å²) in [6.45, 7) is 1.92. The summed E-state index contributed by atoms with van der Waals surface area (Å²) in [7, 11) is -3.56. The minimum atomic E-state index is -3.56. The number of sulfone groups is 1. The van der Waals surface area contributed by atoms with E-state index in [9.17, 15) is 18.0 Å². The molecule has 3 aromatic rings. The van der Waals surface area contributed by atoms with E-state index in [0.29, 0.717) is 16.0 Å². The number of anilines is 1. The lowest BCUT2D eigenvalue weighted by Gasteiger charge is -2.07. The van der Waals surface area contributed by atoms with Crippen molar-refractivity contribution < 1.29 is 22.7 Å². The Morgan fingerprint density at radius 1 is 1.04 bits per heavy atom. The predicted molar refractivity (Wildman–Crippen MR) is 110 cm³/mol. The van der Waals surface area contributed by atoms with Gasteiger partial charge < -0.3 is 10.1 Å². The minimum absolute atomic E-state index is 0.178. The standard InChI is InChI=1S/C20H19NO5S2/c1-2-26-20(23)18-15-10-6-7-11-16(15)27-19(18)21-17(22)12-13-28(24,25)14-8-4-3-5-9-14/h3-11H,2,12-13H2,1H3,(H,21,22). The van der Waals surface area contributed by atoms with Gasteiger partial charge in [-0.05, 0) is 25.1 Å². The quantitative estimate of drug-likeness (QED) is 0.589. The maximum absolute atomic E-state index is 12.4. The van der Waals surface area contributed by atoms with Crippen LogP contribution in [0, 0.1) is 0 Å². The van der Waals surface area contributed by atoms with Crippen molar-refractivity contribution in [2.24, 2.45) is 0 Å². The molecular weight excluding hydrogens is 398 g/mol. The third-order valence-corrected chi connectivity index (χ3v) is 6.85. The second-order valence-corrected chi connectivity index (χ2v) is 9.11. The summed E-state index contributed by atoms with van der Waals surface area (Å²) in [6, 6.07) is 15.3. The Bertz CT molecular complexity index is 1100. The zero-order valence-corrected chi connectivity index (χ0v) is 16.8. The highest BCUT2D eigenvalue weighted by molar-refractivity contribution is 7.91. The van der Waals surface area contributed by atoms with Gasteiger partial charge in [0.2, 0.25) is 5.91 Å². The van der Waals surface area contributed by atoms with Crippen LogP contribution in [0.2, 0.25) is 0 Å². The number of rotatable bonds is 7. The first-order valence-corrected chi connectivity index (χ1v) is 11.2. The van der Waals surface area contributed by atoms with Crippen LogP contribution in [-0.2, 0) is 19.4 Å². The van der Waals surface area contributed by atoms with Crippen molar-refractivity contribution in [2.45, 2.75) is 18.2 Å². The number of thiophene rings is 1. The number of hydrogen-bond acceptors (Lipinski definition) is 6. The number of amides is 1. The van der Waals surface area contributed by atoms with Crippen molar-refractivity contribution in [3.05, 3.63) is 60.2 Å². The number of nitrogens with one attached hydrogen (secondary N) is 1. The summed E-state index contributed by atoms with van der Waals surface area (Å²) < 4.78 is 30.6. The van der Waals surface area contributed by atoms with E-state index in [1.807, 2.05) is 12.1 Å². The average molecular weight is 418 g/mol. The molecule has 0 unspecified atom stereocenters. The SMILES string of the molecule is CCOC(=O)c1c(NC(=O)CCS(=O)(=O)c2ccccc2)sc2ccccc12. The Balaban J connectivity index is 1.78. The monoisotopic (exact) mass is 417 g/mol. The lowest BCUT2D eigenvalue weighted by Crippen LogP contribution is -2.18. The molecule has 0 aliphatic heterocycles. The van der Waals surface area contributed by atoms with Gasteiger partial charge in [-0.25, -0.2) is 13.2 Å². The number of ether oxygens (including phenoxy) is 1. The highest BCUT2D eigenvalue weighted by Crippen LogP contribution is 2.36. The number of fused-ring (bicyclic) bond motifs is 1. The Labute approximate surface area is 167 Å². The van der Waals surface area contributed by atoms with Gasteiger partial charge in [-0.3, -0.25) is 4.79 Å². The van der Waals surface area contributed by atoms with E-state index < -0.39 is 21.7 Å². The Kier molecular flexibility index (Phi) is 6.11.